The van der Waals surface area contributed by atoms with Crippen LogP contribution in [0.15, 0.2) is 43.0 Å². The first kappa shape index (κ1) is 23.2. The Hall–Kier alpha value is -3.46. The number of fused-ring (bicyclic) bond motifs is 1. The Morgan fingerprint density at radius 2 is 1.94 bits per heavy atom. The van der Waals surface area contributed by atoms with Crippen molar-refractivity contribution < 1.29 is 4.79 Å². The molecule has 1 aromatic carbocycles. The van der Waals surface area contributed by atoms with Crippen molar-refractivity contribution in [2.24, 2.45) is 0 Å². The maximum atomic E-state index is 13.8. The van der Waals surface area contributed by atoms with Gasteiger partial charge in [-0.2, -0.15) is 10.4 Å². The fraction of sp³-hybridized carbons (Fsp3) is 0.385. The monoisotopic (exact) mass is 429 g/mol. The average molecular weight is 430 g/mol. The summed E-state index contributed by atoms with van der Waals surface area (Å²) in [5.74, 6) is 0.0843. The standard InChI is InChI=1S/C26H31N5O/c1-8-13-30(16-20-11-9-19(15-27)10-12-20)25(32)21-14-22(17(2)3)28-24-23(21)18(4)29-31(24)26(5,6)7/h8-12,14,17H,1,13,16H2,2-7H3. The summed E-state index contributed by atoms with van der Waals surface area (Å²) in [5, 5.41) is 14.6. The summed E-state index contributed by atoms with van der Waals surface area (Å²) < 4.78 is 1.92. The second-order valence-electron chi connectivity index (χ2n) is 9.40. The molecule has 6 nitrogen and oxygen atoms in total. The Labute approximate surface area is 190 Å². The number of benzene rings is 1. The van der Waals surface area contributed by atoms with E-state index in [0.717, 1.165) is 28.0 Å². The van der Waals surface area contributed by atoms with Gasteiger partial charge in [-0.3, -0.25) is 4.79 Å². The first-order valence-corrected chi connectivity index (χ1v) is 10.9. The molecule has 0 atom stereocenters. The highest BCUT2D eigenvalue weighted by Crippen LogP contribution is 2.30. The second-order valence-corrected chi connectivity index (χ2v) is 9.40. The molecule has 0 aliphatic heterocycles. The number of carbonyl (C=O) groups is 1. The fourth-order valence-electron chi connectivity index (χ4n) is 3.69. The molecular formula is C26H31N5O. The van der Waals surface area contributed by atoms with Gasteiger partial charge in [-0.25, -0.2) is 9.67 Å². The highest BCUT2D eigenvalue weighted by atomic mass is 16.2. The average Bonchev–Trinajstić information content (AvgIpc) is 3.10. The van der Waals surface area contributed by atoms with E-state index >= 15 is 0 Å². The van der Waals surface area contributed by atoms with Crippen molar-refractivity contribution in [3.8, 4) is 6.07 Å². The maximum Gasteiger partial charge on any atom is 0.255 e. The molecule has 6 heteroatoms. The van der Waals surface area contributed by atoms with Gasteiger partial charge in [0.1, 0.15) is 0 Å². The number of rotatable bonds is 6. The van der Waals surface area contributed by atoms with Crippen LogP contribution in [0.5, 0.6) is 0 Å². The molecule has 32 heavy (non-hydrogen) atoms. The largest absolute Gasteiger partial charge is 0.331 e. The summed E-state index contributed by atoms with van der Waals surface area (Å²) in [6.07, 6.45) is 1.73. The van der Waals surface area contributed by atoms with Crippen molar-refractivity contribution in [2.45, 2.75) is 59.5 Å². The smallest absolute Gasteiger partial charge is 0.255 e. The van der Waals surface area contributed by atoms with E-state index in [-0.39, 0.29) is 17.4 Å². The van der Waals surface area contributed by atoms with Crippen molar-refractivity contribution in [1.29, 1.82) is 5.26 Å². The van der Waals surface area contributed by atoms with Crippen LogP contribution in [-0.4, -0.2) is 32.1 Å². The van der Waals surface area contributed by atoms with Gasteiger partial charge in [0.2, 0.25) is 0 Å². The van der Waals surface area contributed by atoms with Gasteiger partial charge in [0.25, 0.3) is 5.91 Å². The number of nitrogens with zero attached hydrogens (tertiary/aromatic N) is 5. The molecule has 0 fully saturated rings. The zero-order chi connectivity index (χ0) is 23.6. The third-order valence-electron chi connectivity index (χ3n) is 5.38. The summed E-state index contributed by atoms with van der Waals surface area (Å²) >= 11 is 0. The van der Waals surface area contributed by atoms with Crippen LogP contribution >= 0.6 is 0 Å². The quantitative estimate of drug-likeness (QED) is 0.497. The van der Waals surface area contributed by atoms with Gasteiger partial charge in [0.05, 0.1) is 33.8 Å². The maximum absolute atomic E-state index is 13.8. The van der Waals surface area contributed by atoms with Gasteiger partial charge in [0, 0.05) is 18.8 Å². The van der Waals surface area contributed by atoms with Gasteiger partial charge >= 0.3 is 0 Å². The summed E-state index contributed by atoms with van der Waals surface area (Å²) in [6, 6.07) is 11.3. The minimum absolute atomic E-state index is 0.0832. The zero-order valence-electron chi connectivity index (χ0n) is 19.8. The predicted octanol–water partition coefficient (Wildman–Crippen LogP) is 5.32. The van der Waals surface area contributed by atoms with Gasteiger partial charge in [-0.1, -0.05) is 32.1 Å². The number of carbonyl (C=O) groups excluding carboxylic acids is 1. The SMILES string of the molecule is C=CCN(Cc1ccc(C#N)cc1)C(=O)c1cc(C(C)C)nc2c1c(C)nn2C(C)(C)C. The first-order valence-electron chi connectivity index (χ1n) is 10.9. The Balaban J connectivity index is 2.14. The number of nitriles is 1. The molecule has 0 aliphatic carbocycles. The van der Waals surface area contributed by atoms with Crippen LogP contribution in [0.3, 0.4) is 0 Å². The van der Waals surface area contributed by atoms with E-state index < -0.39 is 0 Å². The van der Waals surface area contributed by atoms with Crippen LogP contribution in [0.2, 0.25) is 0 Å². The van der Waals surface area contributed by atoms with Gasteiger partial charge < -0.3 is 4.90 Å². The highest BCUT2D eigenvalue weighted by molar-refractivity contribution is 6.06. The van der Waals surface area contributed by atoms with Crippen molar-refractivity contribution in [2.75, 3.05) is 6.54 Å². The lowest BCUT2D eigenvalue weighted by molar-refractivity contribution is 0.0764. The molecule has 2 heterocycles. The van der Waals surface area contributed by atoms with E-state index in [2.05, 4.69) is 47.3 Å². The number of amides is 1. The molecule has 0 saturated heterocycles. The third-order valence-corrected chi connectivity index (χ3v) is 5.38. The number of hydrogen-bond acceptors (Lipinski definition) is 4. The van der Waals surface area contributed by atoms with E-state index in [9.17, 15) is 4.79 Å². The summed E-state index contributed by atoms with van der Waals surface area (Å²) in [7, 11) is 0. The molecule has 0 bridgehead atoms. The summed E-state index contributed by atoms with van der Waals surface area (Å²) in [5.41, 5.74) is 4.29. The van der Waals surface area contributed by atoms with Gasteiger partial charge in [-0.05, 0) is 57.4 Å². The topological polar surface area (TPSA) is 74.8 Å². The lowest BCUT2D eigenvalue weighted by Crippen LogP contribution is -2.31. The highest BCUT2D eigenvalue weighted by Gasteiger charge is 2.27. The lowest BCUT2D eigenvalue weighted by Gasteiger charge is -2.23. The molecular weight excluding hydrogens is 398 g/mol. The molecule has 0 aliphatic rings. The van der Waals surface area contributed by atoms with Crippen LogP contribution in [-0.2, 0) is 12.1 Å². The minimum atomic E-state index is -0.265. The van der Waals surface area contributed by atoms with E-state index in [1.807, 2.05) is 29.8 Å². The number of aryl methyl sites for hydroxylation is 1. The third kappa shape index (κ3) is 4.57. The van der Waals surface area contributed by atoms with E-state index in [1.54, 1.807) is 23.1 Å². The normalized spacial score (nSPS) is 11.6. The molecule has 0 radical (unpaired) electrons. The molecule has 166 valence electrons. The molecule has 3 rings (SSSR count). The van der Waals surface area contributed by atoms with Crippen molar-refractivity contribution in [3.05, 3.63) is 71.1 Å². The Morgan fingerprint density at radius 3 is 2.47 bits per heavy atom. The van der Waals surface area contributed by atoms with Crippen LogP contribution in [0, 0.1) is 18.3 Å². The predicted molar refractivity (Wildman–Crippen MR) is 127 cm³/mol. The van der Waals surface area contributed by atoms with Crippen molar-refractivity contribution in [3.63, 3.8) is 0 Å². The second kappa shape index (κ2) is 8.96. The Kier molecular flexibility index (Phi) is 6.50. The first-order chi connectivity index (χ1) is 15.1. The molecule has 0 unspecified atom stereocenters. The Morgan fingerprint density at radius 1 is 1.28 bits per heavy atom. The molecule has 0 spiro atoms. The van der Waals surface area contributed by atoms with Crippen LogP contribution in [0.25, 0.3) is 11.0 Å². The van der Waals surface area contributed by atoms with Gasteiger partial charge in [-0.15, -0.1) is 6.58 Å². The van der Waals surface area contributed by atoms with Crippen LogP contribution < -0.4 is 0 Å². The van der Waals surface area contributed by atoms with Crippen LogP contribution in [0.4, 0.5) is 0 Å². The summed E-state index contributed by atoms with van der Waals surface area (Å²) in [6.45, 7) is 17.0. The molecule has 1 amide bonds. The molecule has 0 saturated carbocycles. The molecule has 0 N–H and O–H groups in total. The number of pyridine rings is 1. The van der Waals surface area contributed by atoms with E-state index in [0.29, 0.717) is 24.2 Å². The Bertz CT molecular complexity index is 1190. The number of hydrogen-bond donors (Lipinski definition) is 0. The summed E-state index contributed by atoms with van der Waals surface area (Å²) in [4.78, 5) is 20.5. The van der Waals surface area contributed by atoms with Crippen molar-refractivity contribution >= 4 is 16.9 Å². The van der Waals surface area contributed by atoms with Crippen molar-refractivity contribution in [1.82, 2.24) is 19.7 Å². The minimum Gasteiger partial charge on any atom is -0.331 e. The van der Waals surface area contributed by atoms with E-state index in [4.69, 9.17) is 15.3 Å². The zero-order valence-corrected chi connectivity index (χ0v) is 19.8. The fourth-order valence-corrected chi connectivity index (χ4v) is 3.69. The van der Waals surface area contributed by atoms with E-state index in [1.165, 1.54) is 0 Å². The molecule has 2 aromatic heterocycles. The lowest BCUT2D eigenvalue weighted by atomic mass is 10.0. The molecule has 3 aromatic rings. The van der Waals surface area contributed by atoms with Crippen LogP contribution in [0.1, 0.15) is 73.4 Å². The van der Waals surface area contributed by atoms with Gasteiger partial charge in [0.15, 0.2) is 5.65 Å². The number of aromatic nitrogens is 3.